The van der Waals surface area contributed by atoms with Gasteiger partial charge in [0.2, 0.25) is 11.8 Å². The molecule has 1 heterocycles. The minimum absolute atomic E-state index is 0.0153. The van der Waals surface area contributed by atoms with Gasteiger partial charge in [-0.1, -0.05) is 6.07 Å². The third-order valence-electron chi connectivity index (χ3n) is 4.06. The molecule has 1 unspecified atom stereocenters. The third-order valence-corrected chi connectivity index (χ3v) is 4.06. The van der Waals surface area contributed by atoms with Gasteiger partial charge in [0.25, 0.3) is 0 Å². The number of anilines is 2. The standard InChI is InChI=1S/C18H16F2N2O3/c1-9(23)21-16-6-13-12(11-4-3-10(19)5-14(11)20)7-18(24)22-15(13)8-17(16)25-2/h3-6,8,12H,7H2,1-2H3,(H,21,23)(H,22,24). The van der Waals surface area contributed by atoms with Crippen LogP contribution in [0.25, 0.3) is 0 Å². The molecule has 2 aromatic carbocycles. The van der Waals surface area contributed by atoms with Gasteiger partial charge in [-0.3, -0.25) is 9.59 Å². The van der Waals surface area contributed by atoms with Crippen LogP contribution in [0.3, 0.4) is 0 Å². The number of fused-ring (bicyclic) bond motifs is 1. The molecule has 0 saturated carbocycles. The van der Waals surface area contributed by atoms with Crippen LogP contribution in [0.4, 0.5) is 20.2 Å². The van der Waals surface area contributed by atoms with E-state index in [-0.39, 0.29) is 23.8 Å². The highest BCUT2D eigenvalue weighted by Gasteiger charge is 2.30. The minimum Gasteiger partial charge on any atom is -0.494 e. The monoisotopic (exact) mass is 346 g/mol. The van der Waals surface area contributed by atoms with E-state index < -0.39 is 17.6 Å². The Morgan fingerprint density at radius 3 is 2.64 bits per heavy atom. The maximum atomic E-state index is 14.2. The number of hydrogen-bond acceptors (Lipinski definition) is 3. The molecule has 3 rings (SSSR count). The van der Waals surface area contributed by atoms with E-state index >= 15 is 0 Å². The van der Waals surface area contributed by atoms with Crippen LogP contribution in [0, 0.1) is 11.6 Å². The zero-order chi connectivity index (χ0) is 18.1. The van der Waals surface area contributed by atoms with Crippen LogP contribution in [0.2, 0.25) is 0 Å². The van der Waals surface area contributed by atoms with E-state index in [4.69, 9.17) is 4.74 Å². The van der Waals surface area contributed by atoms with Gasteiger partial charge in [0.05, 0.1) is 12.8 Å². The number of nitrogens with one attached hydrogen (secondary N) is 2. The summed E-state index contributed by atoms with van der Waals surface area (Å²) in [4.78, 5) is 23.4. The lowest BCUT2D eigenvalue weighted by Crippen LogP contribution is -2.24. The summed E-state index contributed by atoms with van der Waals surface area (Å²) in [5, 5.41) is 5.37. The number of carbonyl (C=O) groups is 2. The molecule has 1 aliphatic rings. The first kappa shape index (κ1) is 16.9. The van der Waals surface area contributed by atoms with Crippen molar-refractivity contribution in [1.29, 1.82) is 0 Å². The van der Waals surface area contributed by atoms with Crippen LogP contribution in [0.5, 0.6) is 5.75 Å². The summed E-state index contributed by atoms with van der Waals surface area (Å²) in [6.07, 6.45) is 0.0153. The lowest BCUT2D eigenvalue weighted by Gasteiger charge is -2.27. The molecule has 2 N–H and O–H groups in total. The number of ether oxygens (including phenoxy) is 1. The summed E-state index contributed by atoms with van der Waals surface area (Å²) >= 11 is 0. The minimum atomic E-state index is -0.720. The van der Waals surface area contributed by atoms with Gasteiger partial charge in [0.15, 0.2) is 0 Å². The van der Waals surface area contributed by atoms with Crippen molar-refractivity contribution in [2.24, 2.45) is 0 Å². The van der Waals surface area contributed by atoms with E-state index in [1.54, 1.807) is 12.1 Å². The molecule has 0 saturated heterocycles. The molecule has 5 nitrogen and oxygen atoms in total. The second kappa shape index (κ2) is 6.51. The van der Waals surface area contributed by atoms with E-state index in [1.807, 2.05) is 0 Å². The van der Waals surface area contributed by atoms with E-state index in [9.17, 15) is 18.4 Å². The van der Waals surface area contributed by atoms with Gasteiger partial charge in [-0.05, 0) is 23.3 Å². The topological polar surface area (TPSA) is 67.4 Å². The first-order valence-corrected chi connectivity index (χ1v) is 7.63. The molecule has 1 aliphatic heterocycles. The SMILES string of the molecule is COc1cc2c(cc1NC(C)=O)C(c1ccc(F)cc1F)CC(=O)N2. The molecule has 0 fully saturated rings. The Balaban J connectivity index is 2.15. The van der Waals surface area contributed by atoms with E-state index in [1.165, 1.54) is 20.1 Å². The molecule has 2 amide bonds. The fourth-order valence-electron chi connectivity index (χ4n) is 3.01. The van der Waals surface area contributed by atoms with Crippen molar-refractivity contribution < 1.29 is 23.1 Å². The van der Waals surface area contributed by atoms with Crippen molar-refractivity contribution in [1.82, 2.24) is 0 Å². The Morgan fingerprint density at radius 2 is 2.00 bits per heavy atom. The van der Waals surface area contributed by atoms with E-state index in [0.717, 1.165) is 12.1 Å². The van der Waals surface area contributed by atoms with Crippen molar-refractivity contribution in [2.75, 3.05) is 17.7 Å². The van der Waals surface area contributed by atoms with Crippen molar-refractivity contribution in [3.05, 3.63) is 53.1 Å². The van der Waals surface area contributed by atoms with Gasteiger partial charge in [-0.15, -0.1) is 0 Å². The predicted octanol–water partition coefficient (Wildman–Crippen LogP) is 3.41. The average Bonchev–Trinajstić information content (AvgIpc) is 2.53. The molecule has 0 aromatic heterocycles. The Hall–Kier alpha value is -2.96. The fraction of sp³-hybridized carbons (Fsp3) is 0.222. The summed E-state index contributed by atoms with van der Waals surface area (Å²) in [6, 6.07) is 6.50. The van der Waals surface area contributed by atoms with Crippen LogP contribution in [-0.2, 0) is 9.59 Å². The first-order valence-electron chi connectivity index (χ1n) is 7.63. The van der Waals surface area contributed by atoms with Gasteiger partial charge in [-0.2, -0.15) is 0 Å². The summed E-state index contributed by atoms with van der Waals surface area (Å²) in [5.41, 5.74) is 1.72. The Kier molecular flexibility index (Phi) is 4.39. The average molecular weight is 346 g/mol. The number of carbonyl (C=O) groups excluding carboxylic acids is 2. The zero-order valence-corrected chi connectivity index (χ0v) is 13.7. The number of hydrogen-bond donors (Lipinski definition) is 2. The highest BCUT2D eigenvalue weighted by atomic mass is 19.1. The summed E-state index contributed by atoms with van der Waals surface area (Å²) in [6.45, 7) is 1.36. The Bertz CT molecular complexity index is 868. The van der Waals surface area contributed by atoms with Crippen LogP contribution in [-0.4, -0.2) is 18.9 Å². The molecule has 1 atom stereocenters. The molecule has 25 heavy (non-hydrogen) atoms. The van der Waals surface area contributed by atoms with Gasteiger partial charge >= 0.3 is 0 Å². The smallest absolute Gasteiger partial charge is 0.225 e. The maximum Gasteiger partial charge on any atom is 0.225 e. The van der Waals surface area contributed by atoms with Crippen LogP contribution in [0.15, 0.2) is 30.3 Å². The molecule has 7 heteroatoms. The molecule has 2 aromatic rings. The number of rotatable bonds is 3. The zero-order valence-electron chi connectivity index (χ0n) is 13.7. The fourth-order valence-corrected chi connectivity index (χ4v) is 3.01. The van der Waals surface area contributed by atoms with Gasteiger partial charge in [0, 0.05) is 37.1 Å². The molecule has 0 radical (unpaired) electrons. The molecular weight excluding hydrogens is 330 g/mol. The van der Waals surface area contributed by atoms with Gasteiger partial charge in [0.1, 0.15) is 17.4 Å². The highest BCUT2D eigenvalue weighted by Crippen LogP contribution is 2.42. The van der Waals surface area contributed by atoms with Crippen LogP contribution in [0.1, 0.15) is 30.4 Å². The molecule has 0 aliphatic carbocycles. The summed E-state index contributed by atoms with van der Waals surface area (Å²) in [5.74, 6) is -2.20. The summed E-state index contributed by atoms with van der Waals surface area (Å²) in [7, 11) is 1.44. The molecule has 0 bridgehead atoms. The maximum absolute atomic E-state index is 14.2. The highest BCUT2D eigenvalue weighted by molar-refractivity contribution is 5.98. The van der Waals surface area contributed by atoms with E-state index in [0.29, 0.717) is 22.7 Å². The lowest BCUT2D eigenvalue weighted by atomic mass is 9.84. The second-order valence-corrected chi connectivity index (χ2v) is 5.79. The quantitative estimate of drug-likeness (QED) is 0.895. The number of benzene rings is 2. The van der Waals surface area contributed by atoms with Gasteiger partial charge < -0.3 is 15.4 Å². The first-order chi connectivity index (χ1) is 11.9. The normalized spacial score (nSPS) is 16.0. The van der Waals surface area contributed by atoms with Crippen LogP contribution < -0.4 is 15.4 Å². The van der Waals surface area contributed by atoms with Crippen molar-refractivity contribution in [3.63, 3.8) is 0 Å². The Morgan fingerprint density at radius 1 is 1.24 bits per heavy atom. The third kappa shape index (κ3) is 3.31. The largest absolute Gasteiger partial charge is 0.494 e. The number of methoxy groups -OCH3 is 1. The number of amides is 2. The predicted molar refractivity (Wildman–Crippen MR) is 88.7 cm³/mol. The van der Waals surface area contributed by atoms with Crippen molar-refractivity contribution in [2.45, 2.75) is 19.3 Å². The van der Waals surface area contributed by atoms with Crippen LogP contribution >= 0.6 is 0 Å². The lowest BCUT2D eigenvalue weighted by molar-refractivity contribution is -0.117. The molecule has 0 spiro atoms. The summed E-state index contributed by atoms with van der Waals surface area (Å²) < 4.78 is 32.7. The number of halogens is 2. The molecular formula is C18H16F2N2O3. The molecule has 130 valence electrons. The second-order valence-electron chi connectivity index (χ2n) is 5.79. The van der Waals surface area contributed by atoms with E-state index in [2.05, 4.69) is 10.6 Å². The van der Waals surface area contributed by atoms with Crippen molar-refractivity contribution >= 4 is 23.2 Å². The van der Waals surface area contributed by atoms with Crippen molar-refractivity contribution in [3.8, 4) is 5.75 Å². The van der Waals surface area contributed by atoms with Gasteiger partial charge in [-0.25, -0.2) is 8.78 Å². The Labute approximate surface area is 143 Å².